The van der Waals surface area contributed by atoms with Gasteiger partial charge in [-0.3, -0.25) is 0 Å². The molecule has 0 heterocycles. The number of halogens is 1. The van der Waals surface area contributed by atoms with Crippen LogP contribution in [0.5, 0.6) is 0 Å². The third-order valence-corrected chi connectivity index (χ3v) is 9.65. The Balaban J connectivity index is 5.09. The van der Waals surface area contributed by atoms with Gasteiger partial charge in [0.2, 0.25) is 0 Å². The van der Waals surface area contributed by atoms with E-state index in [9.17, 15) is 5.11 Å². The second-order valence-corrected chi connectivity index (χ2v) is 10.2. The van der Waals surface area contributed by atoms with Crippen molar-refractivity contribution >= 4 is 30.9 Å². The Morgan fingerprint density at radius 2 is 1.76 bits per heavy atom. The lowest BCUT2D eigenvalue weighted by molar-refractivity contribution is 0.0809. The second-order valence-electron chi connectivity index (χ2n) is 4.84. The first-order chi connectivity index (χ1) is 7.93. The maximum Gasteiger partial charge on any atom is 0.193 e. The van der Waals surface area contributed by atoms with Crippen molar-refractivity contribution in [3.8, 4) is 0 Å². The van der Waals surface area contributed by atoms with Crippen LogP contribution in [0.4, 0.5) is 0 Å². The van der Waals surface area contributed by atoms with E-state index in [-0.39, 0.29) is 12.2 Å². The molecule has 0 aromatic heterocycles. The average Bonchev–Trinajstić information content (AvgIpc) is 2.35. The zero-order valence-corrected chi connectivity index (χ0v) is 15.0. The Hall–Kier alpha value is 0.607. The molecular weight excluding hydrogens is 343 g/mol. The quantitative estimate of drug-likeness (QED) is 0.504. The fourth-order valence-electron chi connectivity index (χ4n) is 2.10. The van der Waals surface area contributed by atoms with Crippen molar-refractivity contribution in [2.24, 2.45) is 0 Å². The van der Waals surface area contributed by atoms with E-state index >= 15 is 0 Å². The zero-order chi connectivity index (χ0) is 13.5. The van der Waals surface area contributed by atoms with Gasteiger partial charge in [-0.15, -0.1) is 0 Å². The summed E-state index contributed by atoms with van der Waals surface area (Å²) in [7, 11) is -1.62. The van der Waals surface area contributed by atoms with E-state index in [0.29, 0.717) is 6.42 Å². The van der Waals surface area contributed by atoms with Crippen molar-refractivity contribution in [3.05, 3.63) is 9.66 Å². The van der Waals surface area contributed by atoms with Crippen LogP contribution in [0.25, 0.3) is 0 Å². The van der Waals surface area contributed by atoms with Crippen molar-refractivity contribution < 1.29 is 9.53 Å². The first kappa shape index (κ1) is 17.6. The molecule has 102 valence electrons. The fraction of sp³-hybridized carbons (Fsp3) is 0.846. The summed E-state index contributed by atoms with van der Waals surface area (Å²) in [6.07, 6.45) is 0.688. The van der Waals surface area contributed by atoms with Crippen LogP contribution in [-0.2, 0) is 4.43 Å². The Kier molecular flexibility index (Phi) is 8.20. The van der Waals surface area contributed by atoms with E-state index in [1.807, 2.05) is 0 Å². The summed E-state index contributed by atoms with van der Waals surface area (Å²) in [5.74, 6) is 0. The molecule has 0 rings (SSSR count). The standard InChI is InChI=1S/C13H27IO2Si/c1-6-17(7-2,8-3)16-13(5,9-10-15)12(4)11-14/h11,15H,6-10H2,1-5H3/b12-11+/t13-/m1/s1. The van der Waals surface area contributed by atoms with Gasteiger partial charge in [-0.05, 0) is 41.6 Å². The van der Waals surface area contributed by atoms with Crippen LogP contribution in [0.3, 0.4) is 0 Å². The van der Waals surface area contributed by atoms with Gasteiger partial charge in [0.1, 0.15) is 0 Å². The molecule has 0 aliphatic rings. The largest absolute Gasteiger partial charge is 0.408 e. The lowest BCUT2D eigenvalue weighted by atomic mass is 9.95. The Morgan fingerprint density at radius 3 is 2.06 bits per heavy atom. The first-order valence-corrected chi connectivity index (χ1v) is 10.3. The minimum absolute atomic E-state index is 0.180. The van der Waals surface area contributed by atoms with E-state index in [0.717, 1.165) is 18.1 Å². The Labute approximate surface area is 121 Å². The normalized spacial score (nSPS) is 17.0. The van der Waals surface area contributed by atoms with Crippen molar-refractivity contribution in [2.45, 2.75) is 64.8 Å². The summed E-state index contributed by atoms with van der Waals surface area (Å²) in [5, 5.41) is 9.27. The number of hydrogen-bond donors (Lipinski definition) is 1. The van der Waals surface area contributed by atoms with Gasteiger partial charge in [-0.1, -0.05) is 43.4 Å². The lowest BCUT2D eigenvalue weighted by Gasteiger charge is -2.41. The van der Waals surface area contributed by atoms with E-state index in [2.05, 4.69) is 61.3 Å². The van der Waals surface area contributed by atoms with Gasteiger partial charge >= 0.3 is 0 Å². The molecule has 0 radical (unpaired) electrons. The minimum atomic E-state index is -1.62. The fourth-order valence-corrected chi connectivity index (χ4v) is 5.91. The highest BCUT2D eigenvalue weighted by Crippen LogP contribution is 2.34. The molecule has 4 heteroatoms. The highest BCUT2D eigenvalue weighted by molar-refractivity contribution is 14.1. The van der Waals surface area contributed by atoms with E-state index in [1.165, 1.54) is 5.57 Å². The van der Waals surface area contributed by atoms with Crippen LogP contribution in [0, 0.1) is 0 Å². The number of aliphatic hydroxyl groups excluding tert-OH is 1. The van der Waals surface area contributed by atoms with E-state index in [1.54, 1.807) is 0 Å². The molecule has 0 aromatic carbocycles. The van der Waals surface area contributed by atoms with Crippen LogP contribution in [0.2, 0.25) is 18.1 Å². The van der Waals surface area contributed by atoms with Gasteiger partial charge in [-0.2, -0.15) is 0 Å². The summed E-state index contributed by atoms with van der Waals surface area (Å²) in [4.78, 5) is 0. The first-order valence-electron chi connectivity index (χ1n) is 6.52. The molecule has 0 fully saturated rings. The SMILES string of the molecule is CC[Si](CC)(CC)O[C@](C)(CCO)/C(C)=C/I. The lowest BCUT2D eigenvalue weighted by Crippen LogP contribution is -2.46. The number of rotatable bonds is 8. The zero-order valence-electron chi connectivity index (χ0n) is 11.8. The predicted molar refractivity (Wildman–Crippen MR) is 86.2 cm³/mol. The molecule has 0 spiro atoms. The third kappa shape index (κ3) is 4.65. The van der Waals surface area contributed by atoms with E-state index < -0.39 is 8.32 Å². The predicted octanol–water partition coefficient (Wildman–Crippen LogP) is 4.49. The topological polar surface area (TPSA) is 29.5 Å². The molecule has 0 aliphatic carbocycles. The molecular formula is C13H27IO2Si. The molecule has 0 unspecified atom stereocenters. The molecule has 0 amide bonds. The van der Waals surface area contributed by atoms with Crippen LogP contribution < -0.4 is 0 Å². The monoisotopic (exact) mass is 370 g/mol. The van der Waals surface area contributed by atoms with Gasteiger partial charge in [0.05, 0.1) is 5.60 Å². The Bertz CT molecular complexity index is 244. The van der Waals surface area contributed by atoms with Crippen molar-refractivity contribution in [2.75, 3.05) is 6.61 Å². The smallest absolute Gasteiger partial charge is 0.193 e. The number of aliphatic hydroxyl groups is 1. The van der Waals surface area contributed by atoms with E-state index in [4.69, 9.17) is 4.43 Å². The molecule has 0 bridgehead atoms. The summed E-state index contributed by atoms with van der Waals surface area (Å²) in [6.45, 7) is 11.1. The second kappa shape index (κ2) is 7.91. The molecule has 1 atom stereocenters. The van der Waals surface area contributed by atoms with Crippen LogP contribution in [0.15, 0.2) is 9.66 Å². The minimum Gasteiger partial charge on any atom is -0.408 e. The summed E-state index contributed by atoms with van der Waals surface area (Å²) in [5.41, 5.74) is 0.934. The van der Waals surface area contributed by atoms with Crippen molar-refractivity contribution in [1.82, 2.24) is 0 Å². The molecule has 2 nitrogen and oxygen atoms in total. The van der Waals surface area contributed by atoms with Gasteiger partial charge in [-0.25, -0.2) is 0 Å². The van der Waals surface area contributed by atoms with Crippen molar-refractivity contribution in [1.29, 1.82) is 0 Å². The maximum absolute atomic E-state index is 9.27. The molecule has 0 saturated carbocycles. The van der Waals surface area contributed by atoms with Gasteiger partial charge in [0, 0.05) is 13.0 Å². The van der Waals surface area contributed by atoms with Gasteiger partial charge < -0.3 is 9.53 Å². The van der Waals surface area contributed by atoms with Gasteiger partial charge in [0.25, 0.3) is 0 Å². The van der Waals surface area contributed by atoms with Crippen molar-refractivity contribution in [3.63, 3.8) is 0 Å². The third-order valence-electron chi connectivity index (χ3n) is 3.96. The molecule has 0 saturated heterocycles. The van der Waals surface area contributed by atoms with Crippen LogP contribution in [-0.4, -0.2) is 25.6 Å². The molecule has 0 aliphatic heterocycles. The number of hydrogen-bond acceptors (Lipinski definition) is 2. The maximum atomic E-state index is 9.27. The van der Waals surface area contributed by atoms with Crippen LogP contribution in [0.1, 0.15) is 41.0 Å². The highest BCUT2D eigenvalue weighted by atomic mass is 127. The van der Waals surface area contributed by atoms with Crippen LogP contribution >= 0.6 is 22.6 Å². The highest BCUT2D eigenvalue weighted by Gasteiger charge is 2.38. The van der Waals surface area contributed by atoms with Gasteiger partial charge in [0.15, 0.2) is 8.32 Å². The summed E-state index contributed by atoms with van der Waals surface area (Å²) in [6, 6.07) is 3.45. The molecule has 1 N–H and O–H groups in total. The molecule has 0 aromatic rings. The summed E-state index contributed by atoms with van der Waals surface area (Å²) >= 11 is 2.26. The molecule has 17 heavy (non-hydrogen) atoms. The average molecular weight is 370 g/mol. The Morgan fingerprint density at radius 1 is 1.29 bits per heavy atom. The summed E-state index contributed by atoms with van der Waals surface area (Å²) < 4.78 is 8.65.